The van der Waals surface area contributed by atoms with Crippen LogP contribution in [0.25, 0.3) is 11.2 Å². The van der Waals surface area contributed by atoms with Crippen LogP contribution in [0.3, 0.4) is 0 Å². The predicted molar refractivity (Wildman–Crippen MR) is 74.7 cm³/mol. The lowest BCUT2D eigenvalue weighted by Gasteiger charge is -2.10. The molecule has 0 aliphatic heterocycles. The molecule has 3 aromatic rings. The lowest BCUT2D eigenvalue weighted by atomic mass is 9.97. The van der Waals surface area contributed by atoms with E-state index in [9.17, 15) is 0 Å². The number of benzene rings is 1. The Morgan fingerprint density at radius 1 is 1.26 bits per heavy atom. The van der Waals surface area contributed by atoms with Crippen molar-refractivity contribution in [3.8, 4) is 0 Å². The number of fused-ring (bicyclic) bond motifs is 1. The van der Waals surface area contributed by atoms with Crippen LogP contribution in [-0.4, -0.2) is 19.9 Å². The molecule has 1 atom stereocenters. The highest BCUT2D eigenvalue weighted by Gasteiger charge is 2.10. The molecule has 0 amide bonds. The third kappa shape index (κ3) is 2.40. The third-order valence-electron chi connectivity index (χ3n) is 3.22. The van der Waals surface area contributed by atoms with Crippen LogP contribution in [0.5, 0.6) is 0 Å². The summed E-state index contributed by atoms with van der Waals surface area (Å²) in [6.07, 6.45) is 4.09. The fourth-order valence-electron chi connectivity index (χ4n) is 2.14. The minimum atomic E-state index is 0.370. The SMILES string of the molecule is CC(Cc1nc2ncncc2[nH]1)c1ccc(N)cc1. The molecular weight excluding hydrogens is 238 g/mol. The minimum absolute atomic E-state index is 0.370. The fourth-order valence-corrected chi connectivity index (χ4v) is 2.14. The van der Waals surface area contributed by atoms with Crippen LogP contribution in [-0.2, 0) is 6.42 Å². The normalized spacial score (nSPS) is 12.7. The largest absolute Gasteiger partial charge is 0.399 e. The number of imidazole rings is 1. The number of aromatic nitrogens is 4. The molecule has 0 saturated carbocycles. The standard InChI is InChI=1S/C14H15N5/c1-9(10-2-4-11(15)5-3-10)6-13-18-12-7-16-8-17-14(12)19-13/h2-5,7-9H,6,15H2,1H3,(H,16,17,18,19). The van der Waals surface area contributed by atoms with Gasteiger partial charge in [-0.05, 0) is 23.6 Å². The van der Waals surface area contributed by atoms with Crippen LogP contribution in [0.4, 0.5) is 5.69 Å². The first-order chi connectivity index (χ1) is 9.22. The molecule has 0 bridgehead atoms. The van der Waals surface area contributed by atoms with Gasteiger partial charge in [-0.25, -0.2) is 15.0 Å². The van der Waals surface area contributed by atoms with Crippen molar-refractivity contribution in [2.45, 2.75) is 19.3 Å². The number of anilines is 1. The molecule has 96 valence electrons. The quantitative estimate of drug-likeness (QED) is 0.702. The van der Waals surface area contributed by atoms with Crippen molar-refractivity contribution in [3.05, 3.63) is 48.2 Å². The molecule has 0 aliphatic carbocycles. The van der Waals surface area contributed by atoms with Crippen LogP contribution in [0.1, 0.15) is 24.2 Å². The van der Waals surface area contributed by atoms with Crippen LogP contribution < -0.4 is 5.73 Å². The lowest BCUT2D eigenvalue weighted by molar-refractivity contribution is 0.729. The van der Waals surface area contributed by atoms with Gasteiger partial charge in [-0.2, -0.15) is 0 Å². The Bertz CT molecular complexity index is 653. The smallest absolute Gasteiger partial charge is 0.180 e. The molecule has 3 rings (SSSR count). The second-order valence-electron chi connectivity index (χ2n) is 4.72. The maximum atomic E-state index is 5.70. The third-order valence-corrected chi connectivity index (χ3v) is 3.22. The second kappa shape index (κ2) is 4.68. The van der Waals surface area contributed by atoms with Gasteiger partial charge in [0, 0.05) is 12.1 Å². The van der Waals surface area contributed by atoms with Crippen molar-refractivity contribution in [1.82, 2.24) is 19.9 Å². The van der Waals surface area contributed by atoms with Gasteiger partial charge in [-0.3, -0.25) is 0 Å². The first-order valence-corrected chi connectivity index (χ1v) is 6.22. The Morgan fingerprint density at radius 3 is 2.79 bits per heavy atom. The molecule has 0 spiro atoms. The topological polar surface area (TPSA) is 80.5 Å². The monoisotopic (exact) mass is 253 g/mol. The highest BCUT2D eigenvalue weighted by atomic mass is 15.0. The molecule has 1 aromatic carbocycles. The number of aromatic amines is 1. The maximum Gasteiger partial charge on any atom is 0.180 e. The summed E-state index contributed by atoms with van der Waals surface area (Å²) in [5, 5.41) is 0. The van der Waals surface area contributed by atoms with E-state index in [2.05, 4.69) is 39.0 Å². The van der Waals surface area contributed by atoms with E-state index in [1.807, 2.05) is 12.1 Å². The molecule has 1 unspecified atom stereocenters. The Balaban J connectivity index is 1.82. The lowest BCUT2D eigenvalue weighted by Crippen LogP contribution is -2.00. The number of rotatable bonds is 3. The van der Waals surface area contributed by atoms with E-state index in [4.69, 9.17) is 5.73 Å². The number of nitrogens with zero attached hydrogens (tertiary/aromatic N) is 3. The highest BCUT2D eigenvalue weighted by Crippen LogP contribution is 2.21. The van der Waals surface area contributed by atoms with Crippen molar-refractivity contribution in [2.75, 3.05) is 5.73 Å². The molecule has 0 fully saturated rings. The molecule has 19 heavy (non-hydrogen) atoms. The van der Waals surface area contributed by atoms with Gasteiger partial charge in [-0.15, -0.1) is 0 Å². The molecule has 2 heterocycles. The summed E-state index contributed by atoms with van der Waals surface area (Å²) in [5.74, 6) is 1.30. The van der Waals surface area contributed by atoms with E-state index in [0.717, 1.165) is 29.1 Å². The van der Waals surface area contributed by atoms with Crippen molar-refractivity contribution in [3.63, 3.8) is 0 Å². The first kappa shape index (κ1) is 11.6. The van der Waals surface area contributed by atoms with Gasteiger partial charge in [-0.1, -0.05) is 19.1 Å². The molecule has 5 nitrogen and oxygen atoms in total. The van der Waals surface area contributed by atoms with Gasteiger partial charge in [0.1, 0.15) is 17.7 Å². The van der Waals surface area contributed by atoms with Gasteiger partial charge in [0.25, 0.3) is 0 Å². The van der Waals surface area contributed by atoms with E-state index in [1.54, 1.807) is 6.20 Å². The zero-order valence-corrected chi connectivity index (χ0v) is 10.7. The van der Waals surface area contributed by atoms with E-state index in [-0.39, 0.29) is 0 Å². The number of nitrogens with one attached hydrogen (secondary N) is 1. The van der Waals surface area contributed by atoms with Crippen LogP contribution in [0.15, 0.2) is 36.8 Å². The Labute approximate surface area is 110 Å². The van der Waals surface area contributed by atoms with Crippen molar-refractivity contribution >= 4 is 16.9 Å². The van der Waals surface area contributed by atoms with E-state index >= 15 is 0 Å². The minimum Gasteiger partial charge on any atom is -0.399 e. The van der Waals surface area contributed by atoms with Gasteiger partial charge >= 0.3 is 0 Å². The average Bonchev–Trinajstić information content (AvgIpc) is 2.81. The van der Waals surface area contributed by atoms with Gasteiger partial charge < -0.3 is 10.7 Å². The maximum absolute atomic E-state index is 5.70. The molecule has 3 N–H and O–H groups in total. The molecule has 0 saturated heterocycles. The number of H-pyrrole nitrogens is 1. The highest BCUT2D eigenvalue weighted by molar-refractivity contribution is 5.68. The van der Waals surface area contributed by atoms with Gasteiger partial charge in [0.15, 0.2) is 5.65 Å². The van der Waals surface area contributed by atoms with Crippen molar-refractivity contribution < 1.29 is 0 Å². The Kier molecular flexibility index (Phi) is 2.87. The first-order valence-electron chi connectivity index (χ1n) is 6.22. The number of hydrogen-bond acceptors (Lipinski definition) is 4. The summed E-state index contributed by atoms with van der Waals surface area (Å²) < 4.78 is 0. The van der Waals surface area contributed by atoms with Crippen molar-refractivity contribution in [2.24, 2.45) is 0 Å². The Hall–Kier alpha value is -2.43. The molecule has 5 heteroatoms. The van der Waals surface area contributed by atoms with Crippen LogP contribution in [0.2, 0.25) is 0 Å². The van der Waals surface area contributed by atoms with E-state index in [0.29, 0.717) is 5.92 Å². The Morgan fingerprint density at radius 2 is 2.05 bits per heavy atom. The summed E-state index contributed by atoms with van der Waals surface area (Å²) in [7, 11) is 0. The van der Waals surface area contributed by atoms with Gasteiger partial charge in [0.05, 0.1) is 6.20 Å². The number of hydrogen-bond donors (Lipinski definition) is 2. The van der Waals surface area contributed by atoms with Gasteiger partial charge in [0.2, 0.25) is 0 Å². The second-order valence-corrected chi connectivity index (χ2v) is 4.72. The average molecular weight is 253 g/mol. The summed E-state index contributed by atoms with van der Waals surface area (Å²) in [5.41, 5.74) is 9.33. The summed E-state index contributed by atoms with van der Waals surface area (Å²) in [6.45, 7) is 2.17. The van der Waals surface area contributed by atoms with Crippen LogP contribution in [0, 0.1) is 0 Å². The zero-order valence-electron chi connectivity index (χ0n) is 10.7. The summed E-state index contributed by atoms with van der Waals surface area (Å²) >= 11 is 0. The van der Waals surface area contributed by atoms with E-state index < -0.39 is 0 Å². The molecule has 0 radical (unpaired) electrons. The molecular formula is C14H15N5. The van der Waals surface area contributed by atoms with E-state index in [1.165, 1.54) is 11.9 Å². The number of nitrogens with two attached hydrogens (primary N) is 1. The van der Waals surface area contributed by atoms with Crippen LogP contribution >= 0.6 is 0 Å². The zero-order chi connectivity index (χ0) is 13.2. The summed E-state index contributed by atoms with van der Waals surface area (Å²) in [4.78, 5) is 15.8. The fraction of sp³-hybridized carbons (Fsp3) is 0.214. The summed E-state index contributed by atoms with van der Waals surface area (Å²) in [6, 6.07) is 7.97. The predicted octanol–water partition coefficient (Wildman–Crippen LogP) is 2.28. The molecule has 2 aromatic heterocycles. The number of nitrogen functional groups attached to an aromatic ring is 1. The molecule has 0 aliphatic rings. The van der Waals surface area contributed by atoms with Crippen molar-refractivity contribution in [1.29, 1.82) is 0 Å².